The zero-order valence-electron chi connectivity index (χ0n) is 6.26. The zero-order chi connectivity index (χ0) is 8.36. The van der Waals surface area contributed by atoms with Crippen LogP contribution in [0.5, 0.6) is 0 Å². The Morgan fingerprint density at radius 2 is 1.80 bits per heavy atom. The van der Waals surface area contributed by atoms with Crippen molar-refractivity contribution in [3.8, 4) is 0 Å². The zero-order valence-corrected chi connectivity index (χ0v) is 7.83. The molecule has 0 saturated heterocycles. The van der Waals surface area contributed by atoms with Crippen LogP contribution in [0.15, 0.2) is 0 Å². The van der Waals surface area contributed by atoms with Crippen LogP contribution in [0.3, 0.4) is 0 Å². The fourth-order valence-corrected chi connectivity index (χ4v) is 1.70. The molecule has 0 aromatic carbocycles. The molecule has 0 saturated carbocycles. The number of halogens is 1. The van der Waals surface area contributed by atoms with E-state index < -0.39 is 15.3 Å². The average molecular weight is 186 g/mol. The van der Waals surface area contributed by atoms with Gasteiger partial charge in [0.25, 0.3) is 0 Å². The quantitative estimate of drug-likeness (QED) is 0.653. The Morgan fingerprint density at radius 3 is 1.90 bits per heavy atom. The Morgan fingerprint density at radius 1 is 1.40 bits per heavy atom. The first-order chi connectivity index (χ1) is 4.41. The van der Waals surface area contributed by atoms with Gasteiger partial charge in [0, 0.05) is 5.38 Å². The van der Waals surface area contributed by atoms with E-state index in [0.717, 1.165) is 0 Å². The fraction of sp³-hybridized carbons (Fsp3) is 1.00. The number of hydrogen-bond acceptors (Lipinski definition) is 2. The van der Waals surface area contributed by atoms with Gasteiger partial charge in [-0.15, -0.1) is 11.6 Å². The van der Waals surface area contributed by atoms with Crippen LogP contribution in [-0.2, 0) is 10.0 Å². The highest BCUT2D eigenvalue weighted by Gasteiger charge is 2.22. The van der Waals surface area contributed by atoms with Gasteiger partial charge < -0.3 is 0 Å². The molecule has 3 nitrogen and oxygen atoms in total. The lowest BCUT2D eigenvalue weighted by Gasteiger charge is -2.12. The summed E-state index contributed by atoms with van der Waals surface area (Å²) in [4.78, 5) is 0. The van der Waals surface area contributed by atoms with E-state index in [1.165, 1.54) is 7.05 Å². The normalized spacial score (nSPS) is 18.4. The van der Waals surface area contributed by atoms with Gasteiger partial charge in [-0.1, -0.05) is 0 Å². The molecule has 0 aromatic heterocycles. The number of alkyl halides is 1. The molecule has 0 aliphatic carbocycles. The van der Waals surface area contributed by atoms with Crippen LogP contribution in [0.2, 0.25) is 0 Å². The monoisotopic (exact) mass is 185 g/mol. The molecular formula is C5H12ClNO2S. The molecule has 0 bridgehead atoms. The van der Waals surface area contributed by atoms with Crippen LogP contribution >= 0.6 is 11.6 Å². The first kappa shape index (κ1) is 10.2. The Bertz CT molecular complexity index is 188. The summed E-state index contributed by atoms with van der Waals surface area (Å²) in [6, 6.07) is 0. The van der Waals surface area contributed by atoms with Gasteiger partial charge >= 0.3 is 0 Å². The standard InChI is InChI=1S/C5H12ClNO2S/c1-4(6)5(2)10(8,9)7-3/h4-5,7H,1-3H3/t4-,5?/m1/s1. The molecule has 1 unspecified atom stereocenters. The van der Waals surface area contributed by atoms with E-state index >= 15 is 0 Å². The first-order valence-corrected chi connectivity index (χ1v) is 4.96. The average Bonchev–Trinajstić information content (AvgIpc) is 1.86. The molecule has 0 spiro atoms. The molecule has 5 heteroatoms. The van der Waals surface area contributed by atoms with Gasteiger partial charge in [0.05, 0.1) is 5.25 Å². The molecular weight excluding hydrogens is 174 g/mol. The topological polar surface area (TPSA) is 46.2 Å². The van der Waals surface area contributed by atoms with Crippen molar-refractivity contribution in [2.24, 2.45) is 0 Å². The Kier molecular flexibility index (Phi) is 3.62. The summed E-state index contributed by atoms with van der Waals surface area (Å²) in [6.07, 6.45) is 0. The molecule has 62 valence electrons. The van der Waals surface area contributed by atoms with Gasteiger partial charge in [-0.25, -0.2) is 13.1 Å². The van der Waals surface area contributed by atoms with Crippen LogP contribution in [0.1, 0.15) is 13.8 Å². The molecule has 10 heavy (non-hydrogen) atoms. The van der Waals surface area contributed by atoms with E-state index in [4.69, 9.17) is 11.6 Å². The molecule has 0 aliphatic heterocycles. The minimum atomic E-state index is -3.18. The molecule has 0 fully saturated rings. The number of sulfonamides is 1. The highest BCUT2D eigenvalue weighted by molar-refractivity contribution is 7.90. The number of rotatable bonds is 3. The second-order valence-corrected chi connectivity index (χ2v) is 5.06. The molecule has 0 rings (SSSR count). The molecule has 0 amide bonds. The minimum Gasteiger partial charge on any atom is -0.218 e. The molecule has 0 heterocycles. The van der Waals surface area contributed by atoms with Crippen molar-refractivity contribution in [1.29, 1.82) is 0 Å². The molecule has 2 atom stereocenters. The summed E-state index contributed by atoms with van der Waals surface area (Å²) < 4.78 is 24.1. The summed E-state index contributed by atoms with van der Waals surface area (Å²) in [5.74, 6) is 0. The van der Waals surface area contributed by atoms with Crippen LogP contribution in [0.4, 0.5) is 0 Å². The summed E-state index contributed by atoms with van der Waals surface area (Å²) in [5, 5.41) is -0.906. The second-order valence-electron chi connectivity index (χ2n) is 2.13. The molecule has 1 N–H and O–H groups in total. The van der Waals surface area contributed by atoms with Crippen molar-refractivity contribution in [3.63, 3.8) is 0 Å². The van der Waals surface area contributed by atoms with Gasteiger partial charge in [-0.3, -0.25) is 0 Å². The first-order valence-electron chi connectivity index (χ1n) is 2.98. The van der Waals surface area contributed by atoms with Crippen LogP contribution in [0, 0.1) is 0 Å². The van der Waals surface area contributed by atoms with Crippen molar-refractivity contribution in [2.75, 3.05) is 7.05 Å². The van der Waals surface area contributed by atoms with Crippen LogP contribution in [0.25, 0.3) is 0 Å². The van der Waals surface area contributed by atoms with E-state index in [2.05, 4.69) is 4.72 Å². The van der Waals surface area contributed by atoms with Crippen LogP contribution < -0.4 is 4.72 Å². The van der Waals surface area contributed by atoms with Gasteiger partial charge in [-0.2, -0.15) is 0 Å². The van der Waals surface area contributed by atoms with Crippen molar-refractivity contribution in [1.82, 2.24) is 4.72 Å². The van der Waals surface area contributed by atoms with E-state index in [1.807, 2.05) is 0 Å². The summed E-state index contributed by atoms with van der Waals surface area (Å²) in [7, 11) is -1.80. The van der Waals surface area contributed by atoms with Gasteiger partial charge in [-0.05, 0) is 20.9 Å². The predicted molar refractivity (Wildman–Crippen MR) is 42.8 cm³/mol. The maximum absolute atomic E-state index is 10.9. The van der Waals surface area contributed by atoms with Gasteiger partial charge in [0.1, 0.15) is 0 Å². The summed E-state index contributed by atoms with van der Waals surface area (Å²) >= 11 is 5.57. The van der Waals surface area contributed by atoms with E-state index in [-0.39, 0.29) is 5.38 Å². The third-order valence-corrected chi connectivity index (χ3v) is 3.90. The lowest BCUT2D eigenvalue weighted by molar-refractivity contribution is 0.573. The van der Waals surface area contributed by atoms with E-state index in [9.17, 15) is 8.42 Å². The summed E-state index contributed by atoms with van der Waals surface area (Å²) in [6.45, 7) is 3.23. The SMILES string of the molecule is CNS(=O)(=O)C(C)[C@@H](C)Cl. The van der Waals surface area contributed by atoms with Gasteiger partial charge in [0.2, 0.25) is 10.0 Å². The maximum atomic E-state index is 10.9. The summed E-state index contributed by atoms with van der Waals surface area (Å²) in [5.41, 5.74) is 0. The maximum Gasteiger partial charge on any atom is 0.215 e. The molecule has 0 aromatic rings. The molecule has 0 aliphatic rings. The van der Waals surface area contributed by atoms with Gasteiger partial charge in [0.15, 0.2) is 0 Å². The van der Waals surface area contributed by atoms with Crippen molar-refractivity contribution >= 4 is 21.6 Å². The van der Waals surface area contributed by atoms with Crippen molar-refractivity contribution < 1.29 is 8.42 Å². The smallest absolute Gasteiger partial charge is 0.215 e. The van der Waals surface area contributed by atoms with Crippen molar-refractivity contribution in [3.05, 3.63) is 0 Å². The highest BCUT2D eigenvalue weighted by atomic mass is 35.5. The highest BCUT2D eigenvalue weighted by Crippen LogP contribution is 2.08. The lowest BCUT2D eigenvalue weighted by atomic mass is 10.4. The van der Waals surface area contributed by atoms with Crippen LogP contribution in [-0.4, -0.2) is 26.1 Å². The largest absolute Gasteiger partial charge is 0.218 e. The minimum absolute atomic E-state index is 0.363. The number of nitrogens with one attached hydrogen (secondary N) is 1. The Hall–Kier alpha value is 0.200. The van der Waals surface area contributed by atoms with E-state index in [0.29, 0.717) is 0 Å². The second kappa shape index (κ2) is 3.55. The Balaban J connectivity index is 4.35. The third-order valence-electron chi connectivity index (χ3n) is 1.42. The lowest BCUT2D eigenvalue weighted by Crippen LogP contribution is -2.34. The molecule has 0 radical (unpaired) electrons. The Labute approximate surface area is 66.8 Å². The number of hydrogen-bond donors (Lipinski definition) is 1. The third kappa shape index (κ3) is 2.44. The fourth-order valence-electron chi connectivity index (χ4n) is 0.433. The predicted octanol–water partition coefficient (Wildman–Crippen LogP) is 0.551. The van der Waals surface area contributed by atoms with E-state index in [1.54, 1.807) is 13.8 Å². The van der Waals surface area contributed by atoms with Crippen molar-refractivity contribution in [2.45, 2.75) is 24.5 Å².